The van der Waals surface area contributed by atoms with Crippen LogP contribution in [-0.4, -0.2) is 96.0 Å². The van der Waals surface area contributed by atoms with Crippen molar-refractivity contribution >= 4 is 23.3 Å². The van der Waals surface area contributed by atoms with Crippen LogP contribution >= 0.6 is 0 Å². The van der Waals surface area contributed by atoms with E-state index in [2.05, 4.69) is 5.32 Å². The number of nitrogens with zero attached hydrogens (tertiary/aromatic N) is 2. The van der Waals surface area contributed by atoms with Gasteiger partial charge in [0.15, 0.2) is 0 Å². The minimum Gasteiger partial charge on any atom is -0.480 e. The Balaban J connectivity index is 2.19. The van der Waals surface area contributed by atoms with Gasteiger partial charge in [-0.25, -0.2) is 8.78 Å². The van der Waals surface area contributed by atoms with Crippen molar-refractivity contribution in [3.63, 3.8) is 0 Å². The monoisotopic (exact) mass is 414 g/mol. The van der Waals surface area contributed by atoms with Gasteiger partial charge in [0.1, 0.15) is 5.54 Å². The van der Waals surface area contributed by atoms with Gasteiger partial charge in [0, 0.05) is 32.1 Å². The molecule has 2 aliphatic heterocycles. The van der Waals surface area contributed by atoms with E-state index in [9.17, 15) is 27.1 Å². The van der Waals surface area contributed by atoms with E-state index in [0.29, 0.717) is 4.31 Å². The van der Waals surface area contributed by atoms with E-state index in [1.54, 1.807) is 0 Å². The molecule has 6 N–H and O–H groups in total. The third-order valence-corrected chi connectivity index (χ3v) is 7.08. The molecular formula is C13H25BF2N4O6S. The molecule has 2 fully saturated rings. The van der Waals surface area contributed by atoms with Gasteiger partial charge < -0.3 is 26.2 Å². The van der Waals surface area contributed by atoms with Crippen molar-refractivity contribution in [3.05, 3.63) is 0 Å². The maximum Gasteiger partial charge on any atom is 0.451 e. The molecule has 0 unspecified atom stereocenters. The number of nitrogens with two attached hydrogens (primary N) is 1. The highest BCUT2D eigenvalue weighted by Crippen LogP contribution is 2.33. The summed E-state index contributed by atoms with van der Waals surface area (Å²) in [6.07, 6.45) is -2.49. The number of halogens is 2. The Labute approximate surface area is 156 Å². The van der Waals surface area contributed by atoms with Crippen LogP contribution < -0.4 is 11.1 Å². The van der Waals surface area contributed by atoms with Crippen LogP contribution in [0.3, 0.4) is 0 Å². The lowest BCUT2D eigenvalue weighted by atomic mass is 9.78. The van der Waals surface area contributed by atoms with E-state index < -0.39 is 60.3 Å². The van der Waals surface area contributed by atoms with Crippen molar-refractivity contribution in [1.29, 1.82) is 0 Å². The summed E-state index contributed by atoms with van der Waals surface area (Å²) >= 11 is 0. The number of carbonyl (C=O) groups is 1. The van der Waals surface area contributed by atoms with Gasteiger partial charge in [-0.3, -0.25) is 4.79 Å². The fourth-order valence-electron chi connectivity index (χ4n) is 3.40. The number of aliphatic carboxylic acids is 1. The van der Waals surface area contributed by atoms with Crippen molar-refractivity contribution in [2.24, 2.45) is 11.7 Å². The van der Waals surface area contributed by atoms with Gasteiger partial charge in [0.2, 0.25) is 0 Å². The first-order valence-corrected chi connectivity index (χ1v) is 10.0. The van der Waals surface area contributed by atoms with Crippen molar-refractivity contribution in [3.8, 4) is 0 Å². The molecule has 0 spiro atoms. The Hall–Kier alpha value is -0.895. The molecule has 0 aliphatic carbocycles. The Bertz CT molecular complexity index is 638. The minimum atomic E-state index is -4.33. The van der Waals surface area contributed by atoms with Crippen LogP contribution in [0.1, 0.15) is 12.8 Å². The number of carboxylic acid groups (broad SMARTS) is 1. The molecule has 14 heteroatoms. The van der Waals surface area contributed by atoms with E-state index in [-0.39, 0.29) is 38.8 Å². The lowest BCUT2D eigenvalue weighted by Crippen LogP contribution is -2.62. The van der Waals surface area contributed by atoms with Crippen LogP contribution in [0.5, 0.6) is 0 Å². The molecule has 156 valence electrons. The van der Waals surface area contributed by atoms with Crippen LogP contribution in [0.25, 0.3) is 0 Å². The lowest BCUT2D eigenvalue weighted by molar-refractivity contribution is -0.144. The zero-order valence-electron chi connectivity index (χ0n) is 14.7. The normalized spacial score (nSPS) is 27.3. The molecule has 0 aromatic heterocycles. The van der Waals surface area contributed by atoms with Gasteiger partial charge in [0.05, 0.1) is 12.6 Å². The second-order valence-corrected chi connectivity index (χ2v) is 8.91. The van der Waals surface area contributed by atoms with Gasteiger partial charge in [-0.05, 0) is 12.7 Å². The summed E-state index contributed by atoms with van der Waals surface area (Å²) in [6, 6.07) is -0.621. The van der Waals surface area contributed by atoms with Crippen molar-refractivity contribution < 1.29 is 37.1 Å². The van der Waals surface area contributed by atoms with E-state index in [1.165, 1.54) is 0 Å². The van der Waals surface area contributed by atoms with Crippen molar-refractivity contribution in [2.75, 3.05) is 32.7 Å². The van der Waals surface area contributed by atoms with E-state index >= 15 is 0 Å². The average Bonchev–Trinajstić information content (AvgIpc) is 2.83. The van der Waals surface area contributed by atoms with Crippen LogP contribution in [0.2, 0.25) is 6.32 Å². The SMILES string of the molecule is N[C@@]1(C(=O)O)CN(S(=O)(=O)N(CC(F)F)C2CNC2)C[C@@H]1CCCB(O)O. The van der Waals surface area contributed by atoms with Crippen LogP contribution in [0.4, 0.5) is 8.78 Å². The molecule has 0 aromatic rings. The van der Waals surface area contributed by atoms with E-state index in [1.807, 2.05) is 0 Å². The Morgan fingerprint density at radius 3 is 2.48 bits per heavy atom. The largest absolute Gasteiger partial charge is 0.480 e. The first-order chi connectivity index (χ1) is 12.5. The predicted molar refractivity (Wildman–Crippen MR) is 92.1 cm³/mol. The number of hydrogen-bond acceptors (Lipinski definition) is 7. The minimum absolute atomic E-state index is 0.00972. The van der Waals surface area contributed by atoms with Crippen LogP contribution in [-0.2, 0) is 15.0 Å². The predicted octanol–water partition coefficient (Wildman–Crippen LogP) is -2.26. The second-order valence-electron chi connectivity index (χ2n) is 7.03. The summed E-state index contributed by atoms with van der Waals surface area (Å²) in [6.45, 7) is -1.25. The van der Waals surface area contributed by atoms with Gasteiger partial charge in [-0.15, -0.1) is 0 Å². The van der Waals surface area contributed by atoms with Crippen LogP contribution in [0.15, 0.2) is 0 Å². The average molecular weight is 414 g/mol. The standard InChI is InChI=1S/C13H25BF2N4O6S/c15-11(16)7-20(10-4-18-5-10)27(25,26)19-6-9(2-1-3-14(23)24)13(17,8-19)12(21)22/h9-11,18,23-24H,1-8,17H2,(H,21,22)/t9-,13-/m0/s1. The molecule has 0 radical (unpaired) electrons. The Kier molecular flexibility index (Phi) is 7.16. The lowest BCUT2D eigenvalue weighted by Gasteiger charge is -2.38. The molecule has 0 aromatic carbocycles. The summed E-state index contributed by atoms with van der Waals surface area (Å²) < 4.78 is 53.2. The summed E-state index contributed by atoms with van der Waals surface area (Å²) in [5.41, 5.74) is 4.09. The molecular weight excluding hydrogens is 389 g/mol. The molecule has 2 aliphatic rings. The second kappa shape index (κ2) is 8.63. The van der Waals surface area contributed by atoms with E-state index in [0.717, 1.165) is 4.31 Å². The molecule has 0 saturated carbocycles. The third kappa shape index (κ3) is 4.94. The van der Waals surface area contributed by atoms with Crippen LogP contribution in [0, 0.1) is 5.92 Å². The third-order valence-electron chi connectivity index (χ3n) is 5.11. The van der Waals surface area contributed by atoms with Gasteiger partial charge in [0.25, 0.3) is 16.6 Å². The fourth-order valence-corrected chi connectivity index (χ4v) is 5.27. The molecule has 10 nitrogen and oxygen atoms in total. The molecule has 0 amide bonds. The number of rotatable bonds is 10. The van der Waals surface area contributed by atoms with Gasteiger partial charge in [-0.1, -0.05) is 6.42 Å². The van der Waals surface area contributed by atoms with E-state index in [4.69, 9.17) is 15.8 Å². The zero-order valence-corrected chi connectivity index (χ0v) is 15.5. The fraction of sp³-hybridized carbons (Fsp3) is 0.923. The Morgan fingerprint density at radius 2 is 2.04 bits per heavy atom. The molecule has 27 heavy (non-hydrogen) atoms. The highest BCUT2D eigenvalue weighted by molar-refractivity contribution is 7.86. The molecule has 2 atom stereocenters. The topological polar surface area (TPSA) is 156 Å². The first-order valence-electron chi connectivity index (χ1n) is 8.62. The highest BCUT2D eigenvalue weighted by Gasteiger charge is 2.54. The quantitative estimate of drug-likeness (QED) is 0.251. The van der Waals surface area contributed by atoms with Gasteiger partial charge >= 0.3 is 13.1 Å². The maximum absolute atomic E-state index is 12.9. The van der Waals surface area contributed by atoms with Gasteiger partial charge in [-0.2, -0.15) is 17.0 Å². The number of hydrogen-bond donors (Lipinski definition) is 5. The maximum atomic E-state index is 12.9. The number of alkyl halides is 2. The zero-order chi connectivity index (χ0) is 20.4. The van der Waals surface area contributed by atoms with Crippen molar-refractivity contribution in [1.82, 2.24) is 13.9 Å². The molecule has 0 bridgehead atoms. The molecule has 2 saturated heterocycles. The Morgan fingerprint density at radius 1 is 1.41 bits per heavy atom. The summed E-state index contributed by atoms with van der Waals surface area (Å²) in [5, 5.41) is 30.2. The smallest absolute Gasteiger partial charge is 0.451 e. The summed E-state index contributed by atoms with van der Waals surface area (Å²) in [4.78, 5) is 11.7. The first kappa shape index (κ1) is 22.4. The number of carboxylic acids is 1. The molecule has 2 heterocycles. The molecule has 2 rings (SSSR count). The highest BCUT2D eigenvalue weighted by atomic mass is 32.2. The summed E-state index contributed by atoms with van der Waals surface area (Å²) in [5.74, 6) is -2.17. The number of nitrogens with one attached hydrogen (secondary N) is 1. The van der Waals surface area contributed by atoms with Crippen molar-refractivity contribution in [2.45, 2.75) is 37.2 Å². The summed E-state index contributed by atoms with van der Waals surface area (Å²) in [7, 11) is -5.89.